The number of ether oxygens (including phenoxy) is 1. The van der Waals surface area contributed by atoms with E-state index >= 15 is 0 Å². The highest BCUT2D eigenvalue weighted by molar-refractivity contribution is 5.73. The lowest BCUT2D eigenvalue weighted by atomic mass is 9.71. The third kappa shape index (κ3) is 3.85. The molecule has 0 N–H and O–H groups in total. The van der Waals surface area contributed by atoms with Crippen molar-refractivity contribution in [2.75, 3.05) is 39.9 Å². The average Bonchev–Trinajstić information content (AvgIpc) is 2.92. The number of rotatable bonds is 4. The van der Waals surface area contributed by atoms with E-state index in [2.05, 4.69) is 4.90 Å². The monoisotopic (exact) mass is 352 g/mol. The number of likely N-dealkylation sites (tertiary alicyclic amines) is 2. The van der Waals surface area contributed by atoms with Crippen LogP contribution in [0.2, 0.25) is 0 Å². The zero-order valence-corrected chi connectivity index (χ0v) is 14.9. The normalized spacial score (nSPS) is 23.4. The Hall–Kier alpha value is -1.53. The lowest BCUT2D eigenvalue weighted by molar-refractivity contribution is -0.128. The average molecular weight is 352 g/mol. The van der Waals surface area contributed by atoms with Crippen LogP contribution in [0.1, 0.15) is 25.3 Å². The fraction of sp³-hybridized carbons (Fsp3) is 0.632. The Balaban J connectivity index is 1.63. The Bertz CT molecular complexity index is 630. The number of halogens is 2. The van der Waals surface area contributed by atoms with Gasteiger partial charge in [0.1, 0.15) is 0 Å². The Morgan fingerprint density at radius 1 is 1.28 bits per heavy atom. The lowest BCUT2D eigenvalue weighted by Crippen LogP contribution is -2.45. The van der Waals surface area contributed by atoms with Crippen LogP contribution >= 0.6 is 0 Å². The summed E-state index contributed by atoms with van der Waals surface area (Å²) >= 11 is 0. The summed E-state index contributed by atoms with van der Waals surface area (Å²) < 4.78 is 31.8. The van der Waals surface area contributed by atoms with Crippen LogP contribution in [-0.4, -0.2) is 55.6 Å². The van der Waals surface area contributed by atoms with Crippen LogP contribution in [0.25, 0.3) is 0 Å². The maximum atomic E-state index is 13.4. The van der Waals surface area contributed by atoms with Crippen LogP contribution in [0.4, 0.5) is 8.78 Å². The summed E-state index contributed by atoms with van der Waals surface area (Å²) in [7, 11) is 1.71. The van der Waals surface area contributed by atoms with Gasteiger partial charge in [0.2, 0.25) is 5.91 Å². The summed E-state index contributed by atoms with van der Waals surface area (Å²) in [6, 6.07) is 4.11. The molecule has 138 valence electrons. The third-order valence-corrected chi connectivity index (χ3v) is 5.87. The molecule has 2 aliphatic heterocycles. The molecule has 0 bridgehead atoms. The molecular formula is C19H26F2N2O2. The first-order valence-corrected chi connectivity index (χ1v) is 8.84. The first-order chi connectivity index (χ1) is 11.9. The number of benzene rings is 1. The summed E-state index contributed by atoms with van der Waals surface area (Å²) in [5, 5.41) is 0. The number of methoxy groups -OCH3 is 1. The molecule has 3 rings (SSSR count). The zero-order valence-electron chi connectivity index (χ0n) is 14.9. The first-order valence-electron chi connectivity index (χ1n) is 8.84. The Kier molecular flexibility index (Phi) is 5.39. The van der Waals surface area contributed by atoms with E-state index in [-0.39, 0.29) is 11.3 Å². The van der Waals surface area contributed by atoms with Crippen molar-refractivity contribution in [3.8, 4) is 0 Å². The van der Waals surface area contributed by atoms with Gasteiger partial charge in [-0.15, -0.1) is 0 Å². The van der Waals surface area contributed by atoms with Crippen molar-refractivity contribution in [2.24, 2.45) is 11.3 Å². The van der Waals surface area contributed by atoms with E-state index < -0.39 is 11.6 Å². The molecule has 0 aromatic heterocycles. The Morgan fingerprint density at radius 3 is 2.60 bits per heavy atom. The standard InChI is InChI=1S/C19H26F2N2O2/c1-14(24)23-11-16(12-25-2)19(13-23)5-7-22(8-6-19)10-15-3-4-17(20)18(21)9-15/h3-4,9,16H,5-8,10-13H2,1-2H3. The van der Waals surface area contributed by atoms with Crippen molar-refractivity contribution in [1.82, 2.24) is 9.80 Å². The Morgan fingerprint density at radius 2 is 2.00 bits per heavy atom. The number of hydrogen-bond donors (Lipinski definition) is 0. The third-order valence-electron chi connectivity index (χ3n) is 5.87. The predicted molar refractivity (Wildman–Crippen MR) is 90.9 cm³/mol. The number of hydrogen-bond acceptors (Lipinski definition) is 3. The maximum Gasteiger partial charge on any atom is 0.219 e. The largest absolute Gasteiger partial charge is 0.384 e. The van der Waals surface area contributed by atoms with Crippen LogP contribution in [0.15, 0.2) is 18.2 Å². The van der Waals surface area contributed by atoms with E-state index in [1.807, 2.05) is 4.90 Å². The molecular weight excluding hydrogens is 326 g/mol. The smallest absolute Gasteiger partial charge is 0.219 e. The number of nitrogens with zero attached hydrogens (tertiary/aromatic N) is 2. The molecule has 1 aromatic carbocycles. The highest BCUT2D eigenvalue weighted by atomic mass is 19.2. The molecule has 4 nitrogen and oxygen atoms in total. The van der Waals surface area contributed by atoms with E-state index in [1.54, 1.807) is 20.1 Å². The van der Waals surface area contributed by atoms with Crippen molar-refractivity contribution in [2.45, 2.75) is 26.3 Å². The van der Waals surface area contributed by atoms with Gasteiger partial charge >= 0.3 is 0 Å². The van der Waals surface area contributed by atoms with Crippen molar-refractivity contribution in [3.63, 3.8) is 0 Å². The van der Waals surface area contributed by atoms with Crippen LogP contribution < -0.4 is 0 Å². The van der Waals surface area contributed by atoms with Gasteiger partial charge in [-0.25, -0.2) is 8.78 Å². The molecule has 1 aromatic rings. The summed E-state index contributed by atoms with van der Waals surface area (Å²) in [5.41, 5.74) is 0.909. The minimum atomic E-state index is -0.806. The second-order valence-electron chi connectivity index (χ2n) is 7.44. The molecule has 1 unspecified atom stereocenters. The number of carbonyl (C=O) groups is 1. The van der Waals surface area contributed by atoms with Crippen LogP contribution in [0, 0.1) is 23.0 Å². The number of amides is 1. The molecule has 2 saturated heterocycles. The second kappa shape index (κ2) is 7.38. The van der Waals surface area contributed by atoms with Crippen LogP contribution in [0.5, 0.6) is 0 Å². The van der Waals surface area contributed by atoms with Crippen molar-refractivity contribution in [3.05, 3.63) is 35.4 Å². The zero-order chi connectivity index (χ0) is 18.0. The van der Waals surface area contributed by atoms with Crippen molar-refractivity contribution >= 4 is 5.91 Å². The Labute approximate surface area is 147 Å². The highest BCUT2D eigenvalue weighted by Crippen LogP contribution is 2.45. The minimum Gasteiger partial charge on any atom is -0.384 e. The van der Waals surface area contributed by atoms with E-state index in [0.717, 1.165) is 44.6 Å². The molecule has 2 heterocycles. The van der Waals surface area contributed by atoms with Crippen molar-refractivity contribution in [1.29, 1.82) is 0 Å². The topological polar surface area (TPSA) is 32.8 Å². The predicted octanol–water partition coefficient (Wildman–Crippen LogP) is 2.67. The molecule has 0 saturated carbocycles. The van der Waals surface area contributed by atoms with Gasteiger partial charge in [0, 0.05) is 39.6 Å². The second-order valence-corrected chi connectivity index (χ2v) is 7.44. The molecule has 0 radical (unpaired) electrons. The van der Waals surface area contributed by atoms with Gasteiger partial charge in [0.05, 0.1) is 6.61 Å². The van der Waals surface area contributed by atoms with Gasteiger partial charge in [-0.2, -0.15) is 0 Å². The molecule has 2 aliphatic rings. The number of piperidine rings is 1. The summed E-state index contributed by atoms with van der Waals surface area (Å²) in [4.78, 5) is 16.0. The molecule has 6 heteroatoms. The summed E-state index contributed by atoms with van der Waals surface area (Å²) in [6.45, 7) is 6.28. The van der Waals surface area contributed by atoms with E-state index in [0.29, 0.717) is 19.1 Å². The fourth-order valence-electron chi connectivity index (χ4n) is 4.32. The van der Waals surface area contributed by atoms with Crippen LogP contribution in [0.3, 0.4) is 0 Å². The van der Waals surface area contributed by atoms with Crippen LogP contribution in [-0.2, 0) is 16.1 Å². The molecule has 2 fully saturated rings. The van der Waals surface area contributed by atoms with Gasteiger partial charge in [-0.1, -0.05) is 6.07 Å². The van der Waals surface area contributed by atoms with E-state index in [9.17, 15) is 13.6 Å². The van der Waals surface area contributed by atoms with Gasteiger partial charge in [0.25, 0.3) is 0 Å². The van der Waals surface area contributed by atoms with E-state index in [1.165, 1.54) is 12.1 Å². The lowest BCUT2D eigenvalue weighted by Gasteiger charge is -2.42. The summed E-state index contributed by atoms with van der Waals surface area (Å²) in [5.74, 6) is -1.10. The van der Waals surface area contributed by atoms with Crippen molar-refractivity contribution < 1.29 is 18.3 Å². The maximum absolute atomic E-state index is 13.4. The fourth-order valence-corrected chi connectivity index (χ4v) is 4.32. The molecule has 1 amide bonds. The van der Waals surface area contributed by atoms with Gasteiger partial charge in [0.15, 0.2) is 11.6 Å². The SMILES string of the molecule is COCC1CN(C(C)=O)CC12CCN(Cc1ccc(F)c(F)c1)CC2. The van der Waals surface area contributed by atoms with Gasteiger partial charge in [-0.05, 0) is 49.0 Å². The quantitative estimate of drug-likeness (QED) is 0.835. The minimum absolute atomic E-state index is 0.117. The van der Waals surface area contributed by atoms with E-state index in [4.69, 9.17) is 4.74 Å². The summed E-state index contributed by atoms with van der Waals surface area (Å²) in [6.07, 6.45) is 1.99. The highest BCUT2D eigenvalue weighted by Gasteiger charge is 2.48. The van der Waals surface area contributed by atoms with Gasteiger partial charge < -0.3 is 9.64 Å². The molecule has 0 aliphatic carbocycles. The molecule has 1 spiro atoms. The number of carbonyl (C=O) groups excluding carboxylic acids is 1. The first kappa shape index (κ1) is 18.3. The molecule has 25 heavy (non-hydrogen) atoms. The molecule has 1 atom stereocenters. The van der Waals surface area contributed by atoms with Gasteiger partial charge in [-0.3, -0.25) is 9.69 Å².